The summed E-state index contributed by atoms with van der Waals surface area (Å²) >= 11 is 0. The van der Waals surface area contributed by atoms with Crippen LogP contribution in [-0.2, 0) is 20.7 Å². The topological polar surface area (TPSA) is 96.5 Å². The Morgan fingerprint density at radius 2 is 1.81 bits per heavy atom. The first-order chi connectivity index (χ1) is 12.1. The van der Waals surface area contributed by atoms with Crippen molar-refractivity contribution in [1.29, 1.82) is 0 Å². The molecule has 0 aliphatic carbocycles. The van der Waals surface area contributed by atoms with Crippen molar-refractivity contribution < 1.29 is 19.1 Å². The smallest absolute Gasteiger partial charge is 0.408 e. The van der Waals surface area contributed by atoms with Crippen molar-refractivity contribution in [1.82, 2.24) is 10.6 Å². The third kappa shape index (κ3) is 8.00. The van der Waals surface area contributed by atoms with Crippen LogP contribution >= 0.6 is 0 Å². The van der Waals surface area contributed by atoms with Crippen molar-refractivity contribution in [3.63, 3.8) is 0 Å². The molecule has 0 saturated carbocycles. The Balaban J connectivity index is 2.63. The number of carbonyl (C=O) groups excluding carboxylic acids is 3. The summed E-state index contributed by atoms with van der Waals surface area (Å²) in [5.41, 5.74) is 0.985. The third-order valence-corrected chi connectivity index (χ3v) is 3.53. The van der Waals surface area contributed by atoms with Gasteiger partial charge in [-0.1, -0.05) is 18.2 Å². The molecule has 1 aromatic carbocycles. The van der Waals surface area contributed by atoms with Crippen LogP contribution < -0.4 is 16.0 Å². The highest BCUT2D eigenvalue weighted by Crippen LogP contribution is 2.18. The lowest BCUT2D eigenvalue weighted by Crippen LogP contribution is -2.44. The number of carbonyl (C=O) groups is 3. The van der Waals surface area contributed by atoms with Crippen LogP contribution in [0.3, 0.4) is 0 Å². The number of hydrogen-bond donors (Lipinski definition) is 3. The zero-order chi connectivity index (χ0) is 19.7. The molecule has 3 N–H and O–H groups in total. The normalized spacial score (nSPS) is 12.0. The van der Waals surface area contributed by atoms with Gasteiger partial charge < -0.3 is 20.7 Å². The number of benzene rings is 1. The monoisotopic (exact) mass is 363 g/mol. The van der Waals surface area contributed by atoms with E-state index in [9.17, 15) is 14.4 Å². The minimum atomic E-state index is -0.747. The molecular weight excluding hydrogens is 334 g/mol. The van der Waals surface area contributed by atoms with Gasteiger partial charge in [0.05, 0.1) is 0 Å². The number of alkyl carbamates (subject to hydrolysis) is 1. The molecule has 144 valence electrons. The Bertz CT molecular complexity index is 638. The first-order valence-electron chi connectivity index (χ1n) is 8.71. The van der Waals surface area contributed by atoms with E-state index in [0.29, 0.717) is 24.9 Å². The molecule has 26 heavy (non-hydrogen) atoms. The lowest BCUT2D eigenvalue weighted by Gasteiger charge is -2.22. The van der Waals surface area contributed by atoms with Gasteiger partial charge in [-0.05, 0) is 52.2 Å². The molecule has 1 rings (SSSR count). The number of para-hydroxylation sites is 1. The number of hydrogen-bond acceptors (Lipinski definition) is 4. The second kappa shape index (κ2) is 9.79. The van der Waals surface area contributed by atoms with Gasteiger partial charge in [0, 0.05) is 19.2 Å². The molecule has 3 amide bonds. The molecule has 0 spiro atoms. The summed E-state index contributed by atoms with van der Waals surface area (Å²) in [6, 6.07) is 6.67. The SMILES string of the molecule is CNC(=O)CCCc1ccccc1NC(=O)[C@@H](C)NC(=O)OC(C)(C)C. The highest BCUT2D eigenvalue weighted by Gasteiger charge is 2.21. The lowest BCUT2D eigenvalue weighted by molar-refractivity contribution is -0.120. The molecule has 0 aromatic heterocycles. The first-order valence-corrected chi connectivity index (χ1v) is 8.71. The second-order valence-corrected chi connectivity index (χ2v) is 7.04. The number of anilines is 1. The summed E-state index contributed by atoms with van der Waals surface area (Å²) in [6.45, 7) is 6.86. The highest BCUT2D eigenvalue weighted by atomic mass is 16.6. The van der Waals surface area contributed by atoms with Crippen LogP contribution in [0.1, 0.15) is 46.1 Å². The van der Waals surface area contributed by atoms with Gasteiger partial charge in [-0.25, -0.2) is 4.79 Å². The fourth-order valence-corrected chi connectivity index (χ4v) is 2.22. The molecule has 0 saturated heterocycles. The predicted molar refractivity (Wildman–Crippen MR) is 101 cm³/mol. The largest absolute Gasteiger partial charge is 0.444 e. The van der Waals surface area contributed by atoms with Crippen LogP contribution in [0.2, 0.25) is 0 Å². The molecule has 1 atom stereocenters. The average Bonchev–Trinajstić information content (AvgIpc) is 2.54. The van der Waals surface area contributed by atoms with E-state index in [1.54, 1.807) is 40.8 Å². The minimum Gasteiger partial charge on any atom is -0.444 e. The first kappa shape index (κ1) is 21.5. The zero-order valence-electron chi connectivity index (χ0n) is 16.1. The molecular formula is C19H29N3O4. The molecule has 1 aromatic rings. The van der Waals surface area contributed by atoms with Crippen molar-refractivity contribution in [2.75, 3.05) is 12.4 Å². The summed E-state index contributed by atoms with van der Waals surface area (Å²) in [5.74, 6) is -0.351. The Morgan fingerprint density at radius 1 is 1.15 bits per heavy atom. The summed E-state index contributed by atoms with van der Waals surface area (Å²) in [6.07, 6.45) is 1.13. The number of ether oxygens (including phenoxy) is 1. The average molecular weight is 363 g/mol. The van der Waals surface area contributed by atoms with E-state index in [2.05, 4.69) is 16.0 Å². The van der Waals surface area contributed by atoms with Gasteiger partial charge in [0.25, 0.3) is 0 Å². The fourth-order valence-electron chi connectivity index (χ4n) is 2.22. The standard InChI is InChI=1S/C19H29N3O4/c1-13(21-18(25)26-19(2,3)4)17(24)22-15-11-7-6-9-14(15)10-8-12-16(23)20-5/h6-7,9,11,13H,8,10,12H2,1-5H3,(H,20,23)(H,21,25)(H,22,24)/t13-/m1/s1. The minimum absolute atomic E-state index is 0.0123. The van der Waals surface area contributed by atoms with Crippen LogP contribution in [0.25, 0.3) is 0 Å². The molecule has 0 heterocycles. The predicted octanol–water partition coefficient (Wildman–Crippen LogP) is 2.61. The van der Waals surface area contributed by atoms with E-state index in [0.717, 1.165) is 5.56 Å². The Morgan fingerprint density at radius 3 is 2.42 bits per heavy atom. The lowest BCUT2D eigenvalue weighted by atomic mass is 10.1. The maximum absolute atomic E-state index is 12.3. The summed E-state index contributed by atoms with van der Waals surface area (Å²) in [5, 5.41) is 7.92. The van der Waals surface area contributed by atoms with Crippen molar-refractivity contribution in [2.45, 2.75) is 58.6 Å². The summed E-state index contributed by atoms with van der Waals surface area (Å²) in [4.78, 5) is 35.4. The molecule has 0 unspecified atom stereocenters. The van der Waals surface area contributed by atoms with E-state index < -0.39 is 17.7 Å². The van der Waals surface area contributed by atoms with Gasteiger partial charge >= 0.3 is 6.09 Å². The second-order valence-electron chi connectivity index (χ2n) is 7.04. The molecule has 7 nitrogen and oxygen atoms in total. The molecule has 0 radical (unpaired) electrons. The Kier molecular flexibility index (Phi) is 8.09. The van der Waals surface area contributed by atoms with E-state index >= 15 is 0 Å². The summed E-state index contributed by atoms with van der Waals surface area (Å²) < 4.78 is 5.15. The van der Waals surface area contributed by atoms with Crippen LogP contribution in [0.5, 0.6) is 0 Å². The van der Waals surface area contributed by atoms with Gasteiger partial charge in [0.15, 0.2) is 0 Å². The zero-order valence-corrected chi connectivity index (χ0v) is 16.1. The number of nitrogens with one attached hydrogen (secondary N) is 3. The van der Waals surface area contributed by atoms with E-state index in [1.165, 1.54) is 0 Å². The number of amides is 3. The molecule has 7 heteroatoms. The highest BCUT2D eigenvalue weighted by molar-refractivity contribution is 5.96. The fraction of sp³-hybridized carbons (Fsp3) is 0.526. The van der Waals surface area contributed by atoms with E-state index in [1.807, 2.05) is 18.2 Å². The van der Waals surface area contributed by atoms with Crippen LogP contribution in [0.4, 0.5) is 10.5 Å². The summed E-state index contributed by atoms with van der Waals surface area (Å²) in [7, 11) is 1.61. The third-order valence-electron chi connectivity index (χ3n) is 3.53. The van der Waals surface area contributed by atoms with E-state index in [4.69, 9.17) is 4.74 Å². The van der Waals surface area contributed by atoms with Crippen LogP contribution in [-0.4, -0.2) is 36.6 Å². The van der Waals surface area contributed by atoms with Crippen LogP contribution in [0, 0.1) is 0 Å². The maximum Gasteiger partial charge on any atom is 0.408 e. The van der Waals surface area contributed by atoms with Gasteiger partial charge in [0.1, 0.15) is 11.6 Å². The van der Waals surface area contributed by atoms with Crippen molar-refractivity contribution in [3.8, 4) is 0 Å². The van der Waals surface area contributed by atoms with Gasteiger partial charge in [-0.3, -0.25) is 9.59 Å². The molecule has 0 fully saturated rings. The maximum atomic E-state index is 12.3. The Labute approximate surface area is 154 Å². The quantitative estimate of drug-likeness (QED) is 0.694. The van der Waals surface area contributed by atoms with E-state index in [-0.39, 0.29) is 11.8 Å². The van der Waals surface area contributed by atoms with Gasteiger partial charge in [-0.15, -0.1) is 0 Å². The Hall–Kier alpha value is -2.57. The molecule has 0 aliphatic rings. The molecule has 0 bridgehead atoms. The van der Waals surface area contributed by atoms with Gasteiger partial charge in [-0.2, -0.15) is 0 Å². The van der Waals surface area contributed by atoms with Crippen molar-refractivity contribution >= 4 is 23.6 Å². The van der Waals surface area contributed by atoms with Crippen molar-refractivity contribution in [2.24, 2.45) is 0 Å². The number of rotatable bonds is 7. The van der Waals surface area contributed by atoms with Gasteiger partial charge in [0.2, 0.25) is 11.8 Å². The van der Waals surface area contributed by atoms with Crippen LogP contribution in [0.15, 0.2) is 24.3 Å². The number of aryl methyl sites for hydroxylation is 1. The molecule has 0 aliphatic heterocycles. The van der Waals surface area contributed by atoms with Crippen molar-refractivity contribution in [3.05, 3.63) is 29.8 Å².